The number of nitrogens with zero attached hydrogens (tertiary/aromatic N) is 2. The highest BCUT2D eigenvalue weighted by Crippen LogP contribution is 2.51. The van der Waals surface area contributed by atoms with Gasteiger partial charge in [0.2, 0.25) is 5.91 Å². The Labute approximate surface area is 182 Å². The molecule has 0 bridgehead atoms. The molecular weight excluding hydrogens is 427 g/mol. The number of nitrogens with one attached hydrogen (secondary N) is 2. The van der Waals surface area contributed by atoms with Crippen molar-refractivity contribution in [1.29, 1.82) is 10.5 Å². The molecule has 162 valence electrons. The molecule has 1 aromatic carbocycles. The molecule has 0 aromatic heterocycles. The van der Waals surface area contributed by atoms with Crippen molar-refractivity contribution in [2.24, 2.45) is 11.1 Å². The molecule has 31 heavy (non-hydrogen) atoms. The number of hydrogen-bond acceptors (Lipinski definition) is 6. The third-order valence-corrected chi connectivity index (χ3v) is 6.48. The van der Waals surface area contributed by atoms with Crippen LogP contribution in [-0.2, 0) is 11.0 Å². The summed E-state index contributed by atoms with van der Waals surface area (Å²) in [5.41, 5.74) is 5.55. The summed E-state index contributed by atoms with van der Waals surface area (Å²) in [6.45, 7) is 0. The van der Waals surface area contributed by atoms with Gasteiger partial charge < -0.3 is 16.4 Å². The van der Waals surface area contributed by atoms with Crippen molar-refractivity contribution in [3.8, 4) is 12.1 Å². The molecule has 1 aliphatic heterocycles. The van der Waals surface area contributed by atoms with Gasteiger partial charge in [0.05, 0.1) is 39.6 Å². The van der Waals surface area contributed by atoms with Crippen LogP contribution in [0.1, 0.15) is 37.7 Å². The van der Waals surface area contributed by atoms with Crippen LogP contribution in [0.4, 0.5) is 18.9 Å². The highest BCUT2D eigenvalue weighted by Gasteiger charge is 2.45. The normalized spacial score (nSPS) is 18.2. The second-order valence-corrected chi connectivity index (χ2v) is 8.38. The number of anilines is 1. The molecule has 2 aliphatic rings. The van der Waals surface area contributed by atoms with Crippen LogP contribution in [0.25, 0.3) is 0 Å². The minimum absolute atomic E-state index is 0.0835. The quantitative estimate of drug-likeness (QED) is 0.632. The lowest BCUT2D eigenvalue weighted by Crippen LogP contribution is -2.39. The third kappa shape index (κ3) is 4.64. The van der Waals surface area contributed by atoms with E-state index in [1.807, 2.05) is 0 Å². The zero-order chi connectivity index (χ0) is 22.6. The predicted molar refractivity (Wildman–Crippen MR) is 111 cm³/mol. The summed E-state index contributed by atoms with van der Waals surface area (Å²) in [5, 5.41) is 25.3. The Kier molecular flexibility index (Phi) is 6.51. The fourth-order valence-electron chi connectivity index (χ4n) is 4.01. The molecule has 3 rings (SSSR count). The summed E-state index contributed by atoms with van der Waals surface area (Å²) < 4.78 is 38.0. The van der Waals surface area contributed by atoms with Crippen molar-refractivity contribution in [3.63, 3.8) is 0 Å². The summed E-state index contributed by atoms with van der Waals surface area (Å²) in [4.78, 5) is 12.3. The molecular formula is C21H20F3N5OS. The topological polar surface area (TPSA) is 115 Å². The van der Waals surface area contributed by atoms with Crippen molar-refractivity contribution in [2.45, 2.75) is 38.3 Å². The number of carbonyl (C=O) groups excluding carboxylic acids is 1. The van der Waals surface area contributed by atoms with Crippen LogP contribution in [0, 0.1) is 28.1 Å². The SMILES string of the molecule is N#CC1=C(N)NC(SCC(=O)Nc2ccc(C(F)(F)F)cc2)=C(C#N)C12CCCCC2. The van der Waals surface area contributed by atoms with E-state index in [2.05, 4.69) is 22.8 Å². The van der Waals surface area contributed by atoms with E-state index >= 15 is 0 Å². The summed E-state index contributed by atoms with van der Waals surface area (Å²) >= 11 is 1.08. The molecule has 0 unspecified atom stereocenters. The molecule has 1 heterocycles. The average Bonchev–Trinajstić information content (AvgIpc) is 2.73. The molecule has 0 atom stereocenters. The number of amides is 1. The number of nitriles is 2. The van der Waals surface area contributed by atoms with Gasteiger partial charge in [0.15, 0.2) is 0 Å². The lowest BCUT2D eigenvalue weighted by molar-refractivity contribution is -0.137. The number of alkyl halides is 3. The predicted octanol–water partition coefficient (Wildman–Crippen LogP) is 4.36. The fraction of sp³-hybridized carbons (Fsp3) is 0.381. The first-order valence-corrected chi connectivity index (χ1v) is 10.6. The van der Waals surface area contributed by atoms with Crippen molar-refractivity contribution in [1.82, 2.24) is 5.32 Å². The van der Waals surface area contributed by atoms with Crippen molar-refractivity contribution < 1.29 is 18.0 Å². The summed E-state index contributed by atoms with van der Waals surface area (Å²) in [7, 11) is 0. The zero-order valence-corrected chi connectivity index (χ0v) is 17.3. The smallest absolute Gasteiger partial charge is 0.384 e. The lowest BCUT2D eigenvalue weighted by atomic mass is 9.64. The summed E-state index contributed by atoms with van der Waals surface area (Å²) in [6.07, 6.45) is -0.404. The molecule has 1 saturated carbocycles. The zero-order valence-electron chi connectivity index (χ0n) is 16.5. The van der Waals surface area contributed by atoms with Crippen LogP contribution >= 0.6 is 11.8 Å². The minimum Gasteiger partial charge on any atom is -0.384 e. The number of benzene rings is 1. The maximum atomic E-state index is 12.7. The van der Waals surface area contributed by atoms with Crippen LogP contribution in [0.3, 0.4) is 0 Å². The molecule has 1 aromatic rings. The highest BCUT2D eigenvalue weighted by molar-refractivity contribution is 8.03. The number of halogens is 3. The lowest BCUT2D eigenvalue weighted by Gasteiger charge is -2.40. The van der Waals surface area contributed by atoms with Gasteiger partial charge in [-0.05, 0) is 37.1 Å². The first-order chi connectivity index (χ1) is 14.7. The monoisotopic (exact) mass is 447 g/mol. The van der Waals surface area contributed by atoms with Gasteiger partial charge in [0.25, 0.3) is 0 Å². The maximum absolute atomic E-state index is 12.7. The van der Waals surface area contributed by atoms with Crippen molar-refractivity contribution in [3.05, 3.63) is 51.8 Å². The van der Waals surface area contributed by atoms with E-state index in [0.717, 1.165) is 43.2 Å². The van der Waals surface area contributed by atoms with Gasteiger partial charge in [-0.2, -0.15) is 23.7 Å². The van der Waals surface area contributed by atoms with E-state index in [1.165, 1.54) is 12.1 Å². The Hall–Kier alpha value is -3.11. The molecule has 10 heteroatoms. The van der Waals surface area contributed by atoms with Gasteiger partial charge in [-0.25, -0.2) is 0 Å². The van der Waals surface area contributed by atoms with E-state index in [0.29, 0.717) is 29.0 Å². The van der Waals surface area contributed by atoms with Crippen molar-refractivity contribution in [2.75, 3.05) is 11.1 Å². The standard InChI is InChI=1S/C21H20F3N5OS/c22-21(23,24)13-4-6-14(7-5-13)28-17(30)12-31-19-16(11-26)20(8-2-1-3-9-20)15(10-25)18(27)29-19/h4-7,29H,1-3,8-9,12,27H2,(H,28,30). The van der Waals surface area contributed by atoms with E-state index < -0.39 is 23.1 Å². The maximum Gasteiger partial charge on any atom is 0.416 e. The van der Waals surface area contributed by atoms with Crippen LogP contribution in [0.2, 0.25) is 0 Å². The first kappa shape index (κ1) is 22.6. The Morgan fingerprint density at radius 3 is 2.29 bits per heavy atom. The van der Waals surface area contributed by atoms with E-state index in [1.54, 1.807) is 0 Å². The molecule has 1 spiro atoms. The van der Waals surface area contributed by atoms with Gasteiger partial charge in [-0.15, -0.1) is 0 Å². The second kappa shape index (κ2) is 8.94. The number of allylic oxidation sites excluding steroid dienone is 2. The van der Waals surface area contributed by atoms with E-state index in [9.17, 15) is 28.5 Å². The molecule has 1 fully saturated rings. The largest absolute Gasteiger partial charge is 0.416 e. The molecule has 0 saturated heterocycles. The molecule has 6 nitrogen and oxygen atoms in total. The minimum atomic E-state index is -4.45. The van der Waals surface area contributed by atoms with Gasteiger partial charge in [-0.1, -0.05) is 31.0 Å². The number of rotatable bonds is 4. The Balaban J connectivity index is 1.73. The van der Waals surface area contributed by atoms with Crippen LogP contribution in [0.15, 0.2) is 46.3 Å². The Morgan fingerprint density at radius 1 is 1.13 bits per heavy atom. The van der Waals surface area contributed by atoms with Crippen LogP contribution < -0.4 is 16.4 Å². The molecule has 1 amide bonds. The summed E-state index contributed by atoms with van der Waals surface area (Å²) in [5.74, 6) is -0.337. The number of thioether (sulfide) groups is 1. The second-order valence-electron chi connectivity index (χ2n) is 7.40. The van der Waals surface area contributed by atoms with Gasteiger partial charge in [0, 0.05) is 11.1 Å². The average molecular weight is 447 g/mol. The number of hydrogen-bond donors (Lipinski definition) is 3. The van der Waals surface area contributed by atoms with E-state index in [4.69, 9.17) is 5.73 Å². The number of dihydropyridines is 1. The molecule has 1 aliphatic carbocycles. The molecule has 4 N–H and O–H groups in total. The van der Waals surface area contributed by atoms with E-state index in [-0.39, 0.29) is 17.3 Å². The highest BCUT2D eigenvalue weighted by atomic mass is 32.2. The number of carbonyl (C=O) groups is 1. The van der Waals surface area contributed by atoms with Gasteiger partial charge in [-0.3, -0.25) is 4.79 Å². The van der Waals surface area contributed by atoms with Crippen LogP contribution in [0.5, 0.6) is 0 Å². The number of nitrogens with two attached hydrogens (primary N) is 1. The third-order valence-electron chi connectivity index (χ3n) is 5.48. The van der Waals surface area contributed by atoms with Gasteiger partial charge >= 0.3 is 6.18 Å². The van der Waals surface area contributed by atoms with Gasteiger partial charge in [0.1, 0.15) is 5.82 Å². The van der Waals surface area contributed by atoms with Crippen molar-refractivity contribution >= 4 is 23.4 Å². The molecule has 0 radical (unpaired) electrons. The first-order valence-electron chi connectivity index (χ1n) is 9.63. The van der Waals surface area contributed by atoms with Crippen LogP contribution in [-0.4, -0.2) is 11.7 Å². The fourth-order valence-corrected chi connectivity index (χ4v) is 4.93. The Morgan fingerprint density at radius 2 is 1.74 bits per heavy atom. The Bertz CT molecular complexity index is 1010. The summed E-state index contributed by atoms with van der Waals surface area (Å²) in [6, 6.07) is 8.51.